The van der Waals surface area contributed by atoms with Crippen LogP contribution in [0.15, 0.2) is 57.7 Å². The van der Waals surface area contributed by atoms with Gasteiger partial charge in [0, 0.05) is 29.1 Å². The molecule has 0 aliphatic rings. The molecule has 3 aromatic rings. The van der Waals surface area contributed by atoms with Crippen LogP contribution in [0.4, 0.5) is 0 Å². The third-order valence-electron chi connectivity index (χ3n) is 4.39. The first-order valence-electron chi connectivity index (χ1n) is 9.24. The highest BCUT2D eigenvalue weighted by Crippen LogP contribution is 2.31. The van der Waals surface area contributed by atoms with E-state index in [1.807, 2.05) is 30.3 Å². The van der Waals surface area contributed by atoms with E-state index in [4.69, 9.17) is 9.15 Å². The van der Waals surface area contributed by atoms with E-state index >= 15 is 0 Å². The van der Waals surface area contributed by atoms with E-state index in [1.165, 1.54) is 31.4 Å². The Bertz CT molecular complexity index is 934. The number of unbranched alkanes of at least 4 members (excludes halogenated alkanes) is 4. The predicted molar refractivity (Wildman–Crippen MR) is 112 cm³/mol. The minimum atomic E-state index is -0.272. The molecule has 142 valence electrons. The Hall–Kier alpha value is -2.27. The molecule has 0 atom stereocenters. The minimum Gasteiger partial charge on any atom is -0.507 e. The summed E-state index contributed by atoms with van der Waals surface area (Å²) >= 11 is 3.43. The topological polar surface area (TPSA) is 59.7 Å². The standard InChI is InChI=1S/C22H23BrO4/c23-11-7-2-1-3-8-12-26-17-13-18(24)22-19(25)15-20(27-21(22)14-17)16-9-5-4-6-10-16/h4-6,9-10,13-15,24H,1-3,7-8,11-12H2. The Labute approximate surface area is 166 Å². The Morgan fingerprint density at radius 2 is 1.70 bits per heavy atom. The van der Waals surface area contributed by atoms with E-state index in [0.29, 0.717) is 23.7 Å². The molecule has 1 heterocycles. The highest BCUT2D eigenvalue weighted by Gasteiger charge is 2.12. The molecule has 27 heavy (non-hydrogen) atoms. The number of hydrogen-bond donors (Lipinski definition) is 1. The van der Waals surface area contributed by atoms with Crippen molar-refractivity contribution in [1.29, 1.82) is 0 Å². The predicted octanol–water partition coefficient (Wildman–Crippen LogP) is 5.89. The van der Waals surface area contributed by atoms with Crippen molar-refractivity contribution >= 4 is 26.9 Å². The molecule has 0 saturated heterocycles. The molecular weight excluding hydrogens is 408 g/mol. The average Bonchev–Trinajstić information content (AvgIpc) is 2.67. The monoisotopic (exact) mass is 430 g/mol. The lowest BCUT2D eigenvalue weighted by Crippen LogP contribution is -2.02. The molecule has 4 nitrogen and oxygen atoms in total. The highest BCUT2D eigenvalue weighted by atomic mass is 79.9. The zero-order valence-electron chi connectivity index (χ0n) is 15.1. The third-order valence-corrected chi connectivity index (χ3v) is 4.95. The second kappa shape index (κ2) is 9.60. The largest absolute Gasteiger partial charge is 0.507 e. The Balaban J connectivity index is 1.75. The van der Waals surface area contributed by atoms with Gasteiger partial charge in [0.05, 0.1) is 6.61 Å². The number of alkyl halides is 1. The van der Waals surface area contributed by atoms with Crippen LogP contribution >= 0.6 is 15.9 Å². The fourth-order valence-corrected chi connectivity index (χ4v) is 3.38. The fraction of sp³-hybridized carbons (Fsp3) is 0.318. The molecule has 2 aromatic carbocycles. The summed E-state index contributed by atoms with van der Waals surface area (Å²) in [5.41, 5.74) is 0.866. The summed E-state index contributed by atoms with van der Waals surface area (Å²) in [7, 11) is 0. The Morgan fingerprint density at radius 1 is 0.963 bits per heavy atom. The lowest BCUT2D eigenvalue weighted by Gasteiger charge is -2.09. The zero-order valence-corrected chi connectivity index (χ0v) is 16.7. The van der Waals surface area contributed by atoms with Crippen LogP contribution < -0.4 is 10.2 Å². The summed E-state index contributed by atoms with van der Waals surface area (Å²) in [4.78, 5) is 12.4. The van der Waals surface area contributed by atoms with E-state index < -0.39 is 0 Å². The SMILES string of the molecule is O=c1cc(-c2ccccc2)oc2cc(OCCCCCCCBr)cc(O)c12. The lowest BCUT2D eigenvalue weighted by atomic mass is 10.1. The van der Waals surface area contributed by atoms with Crippen LogP contribution in [0.3, 0.4) is 0 Å². The molecule has 3 rings (SSSR count). The average molecular weight is 431 g/mol. The van der Waals surface area contributed by atoms with Crippen molar-refractivity contribution in [1.82, 2.24) is 0 Å². The quantitative estimate of drug-likeness (QED) is 0.339. The van der Waals surface area contributed by atoms with Crippen LogP contribution in [0, 0.1) is 0 Å². The number of halogens is 1. The maximum atomic E-state index is 12.4. The molecule has 0 fully saturated rings. The number of ether oxygens (including phenoxy) is 1. The van der Waals surface area contributed by atoms with E-state index in [1.54, 1.807) is 6.07 Å². The van der Waals surface area contributed by atoms with Gasteiger partial charge in [0.15, 0.2) is 5.43 Å². The first-order chi connectivity index (χ1) is 13.2. The summed E-state index contributed by atoms with van der Waals surface area (Å²) in [5.74, 6) is 0.860. The minimum absolute atomic E-state index is 0.117. The molecule has 0 bridgehead atoms. The number of fused-ring (bicyclic) bond motifs is 1. The Kier molecular flexibility index (Phi) is 6.93. The highest BCUT2D eigenvalue weighted by molar-refractivity contribution is 9.09. The van der Waals surface area contributed by atoms with Crippen LogP contribution in [-0.2, 0) is 0 Å². The first-order valence-corrected chi connectivity index (χ1v) is 10.4. The summed E-state index contributed by atoms with van der Waals surface area (Å²) < 4.78 is 11.6. The van der Waals surface area contributed by atoms with Crippen LogP contribution in [-0.4, -0.2) is 17.0 Å². The maximum absolute atomic E-state index is 12.4. The second-order valence-corrected chi connectivity index (χ2v) is 7.25. The van der Waals surface area contributed by atoms with Crippen LogP contribution in [0.1, 0.15) is 32.1 Å². The normalized spacial score (nSPS) is 11.0. The van der Waals surface area contributed by atoms with Crippen molar-refractivity contribution in [2.45, 2.75) is 32.1 Å². The second-order valence-electron chi connectivity index (χ2n) is 6.46. The lowest BCUT2D eigenvalue weighted by molar-refractivity contribution is 0.303. The van der Waals surface area contributed by atoms with Crippen molar-refractivity contribution in [3.05, 3.63) is 58.8 Å². The summed E-state index contributed by atoms with van der Waals surface area (Å²) in [6.45, 7) is 0.571. The number of rotatable bonds is 9. The molecule has 0 unspecified atom stereocenters. The van der Waals surface area contributed by atoms with Gasteiger partial charge in [-0.1, -0.05) is 65.5 Å². The molecule has 0 amide bonds. The first kappa shape index (κ1) is 19.5. The summed E-state index contributed by atoms with van der Waals surface area (Å²) in [6.07, 6.45) is 5.67. The van der Waals surface area contributed by atoms with Gasteiger partial charge in [-0.15, -0.1) is 0 Å². The van der Waals surface area contributed by atoms with Crippen LogP contribution in [0.2, 0.25) is 0 Å². The van der Waals surface area contributed by atoms with Crippen LogP contribution in [0.25, 0.3) is 22.3 Å². The molecule has 1 aromatic heterocycles. The smallest absolute Gasteiger partial charge is 0.197 e. The van der Waals surface area contributed by atoms with Gasteiger partial charge in [0.25, 0.3) is 0 Å². The van der Waals surface area contributed by atoms with Gasteiger partial charge >= 0.3 is 0 Å². The fourth-order valence-electron chi connectivity index (χ4n) is 2.99. The number of hydrogen-bond acceptors (Lipinski definition) is 4. The van der Waals surface area contributed by atoms with Crippen molar-refractivity contribution in [2.24, 2.45) is 0 Å². The number of benzene rings is 2. The maximum Gasteiger partial charge on any atom is 0.197 e. The van der Waals surface area contributed by atoms with Crippen molar-refractivity contribution in [3.8, 4) is 22.8 Å². The van der Waals surface area contributed by atoms with Gasteiger partial charge < -0.3 is 14.3 Å². The van der Waals surface area contributed by atoms with Crippen molar-refractivity contribution in [2.75, 3.05) is 11.9 Å². The van der Waals surface area contributed by atoms with E-state index in [-0.39, 0.29) is 16.6 Å². The van der Waals surface area contributed by atoms with E-state index in [2.05, 4.69) is 15.9 Å². The number of phenols is 1. The van der Waals surface area contributed by atoms with Gasteiger partial charge in [0.1, 0.15) is 28.2 Å². The molecular formula is C22H23BrO4. The molecule has 0 saturated carbocycles. The number of aromatic hydroxyl groups is 1. The van der Waals surface area contributed by atoms with Gasteiger partial charge in [-0.05, 0) is 12.8 Å². The van der Waals surface area contributed by atoms with E-state index in [9.17, 15) is 9.90 Å². The summed E-state index contributed by atoms with van der Waals surface area (Å²) in [5, 5.41) is 11.5. The van der Waals surface area contributed by atoms with Crippen molar-refractivity contribution in [3.63, 3.8) is 0 Å². The molecule has 0 spiro atoms. The van der Waals surface area contributed by atoms with Gasteiger partial charge in [0.2, 0.25) is 0 Å². The Morgan fingerprint density at radius 3 is 2.48 bits per heavy atom. The zero-order chi connectivity index (χ0) is 19.1. The van der Waals surface area contributed by atoms with Crippen LogP contribution in [0.5, 0.6) is 11.5 Å². The molecule has 5 heteroatoms. The van der Waals surface area contributed by atoms with Gasteiger partial charge in [-0.2, -0.15) is 0 Å². The van der Waals surface area contributed by atoms with E-state index in [0.717, 1.165) is 23.7 Å². The molecule has 0 aliphatic heterocycles. The van der Waals surface area contributed by atoms with Gasteiger partial charge in [-0.3, -0.25) is 4.79 Å². The molecule has 0 radical (unpaired) electrons. The van der Waals surface area contributed by atoms with Crippen molar-refractivity contribution < 1.29 is 14.3 Å². The number of phenolic OH excluding ortho intramolecular Hbond substituents is 1. The summed E-state index contributed by atoms with van der Waals surface area (Å²) in [6, 6.07) is 14.0. The molecule has 1 N–H and O–H groups in total. The molecule has 0 aliphatic carbocycles. The third kappa shape index (κ3) is 5.13. The van der Waals surface area contributed by atoms with Gasteiger partial charge in [-0.25, -0.2) is 0 Å².